The van der Waals surface area contributed by atoms with E-state index >= 15 is 0 Å². The van der Waals surface area contributed by atoms with Gasteiger partial charge in [-0.25, -0.2) is 0 Å². The molecule has 2 N–H and O–H groups in total. The van der Waals surface area contributed by atoms with Crippen LogP contribution in [0.15, 0.2) is 18.2 Å². The van der Waals surface area contributed by atoms with Gasteiger partial charge >= 0.3 is 5.97 Å². The van der Waals surface area contributed by atoms with E-state index in [4.69, 9.17) is 9.47 Å². The Balaban J connectivity index is 2.85. The van der Waals surface area contributed by atoms with Crippen molar-refractivity contribution in [3.8, 4) is 5.75 Å². The summed E-state index contributed by atoms with van der Waals surface area (Å²) in [6.45, 7) is 2.84. The summed E-state index contributed by atoms with van der Waals surface area (Å²) in [5, 5.41) is 12.1. The minimum atomic E-state index is -0.907. The third-order valence-electron chi connectivity index (χ3n) is 2.65. The highest BCUT2D eigenvalue weighted by atomic mass is 16.5. The molecule has 0 aliphatic carbocycles. The van der Waals surface area contributed by atoms with Crippen molar-refractivity contribution in [1.82, 2.24) is 5.32 Å². The van der Waals surface area contributed by atoms with E-state index in [0.29, 0.717) is 18.7 Å². The fraction of sp³-hybridized carbons (Fsp3) is 0.462. The van der Waals surface area contributed by atoms with Gasteiger partial charge in [-0.2, -0.15) is 0 Å². The van der Waals surface area contributed by atoms with E-state index < -0.39 is 12.0 Å². The highest BCUT2D eigenvalue weighted by Crippen LogP contribution is 2.22. The average molecular weight is 253 g/mol. The van der Waals surface area contributed by atoms with Crippen LogP contribution in [0.2, 0.25) is 0 Å². The van der Waals surface area contributed by atoms with Crippen LogP contribution in [-0.2, 0) is 9.53 Å². The molecule has 5 heteroatoms. The van der Waals surface area contributed by atoms with E-state index in [0.717, 1.165) is 11.3 Å². The number of hydrogen-bond acceptors (Lipinski definition) is 4. The van der Waals surface area contributed by atoms with Gasteiger partial charge in [-0.1, -0.05) is 12.1 Å². The molecule has 1 aromatic rings. The van der Waals surface area contributed by atoms with E-state index in [1.165, 1.54) is 0 Å². The van der Waals surface area contributed by atoms with Crippen LogP contribution in [-0.4, -0.2) is 38.4 Å². The smallest absolute Gasteiger partial charge is 0.325 e. The van der Waals surface area contributed by atoms with Crippen molar-refractivity contribution in [3.63, 3.8) is 0 Å². The lowest BCUT2D eigenvalue weighted by atomic mass is 10.0. The van der Waals surface area contributed by atoms with Gasteiger partial charge < -0.3 is 14.6 Å². The quantitative estimate of drug-likeness (QED) is 0.718. The predicted octanol–water partition coefficient (Wildman–Crippen LogP) is 1.37. The Bertz CT molecular complexity index is 406. The topological polar surface area (TPSA) is 67.8 Å². The predicted molar refractivity (Wildman–Crippen MR) is 68.0 cm³/mol. The van der Waals surface area contributed by atoms with Crippen molar-refractivity contribution in [2.75, 3.05) is 27.4 Å². The Kier molecular flexibility index (Phi) is 5.61. The number of rotatable bonds is 7. The van der Waals surface area contributed by atoms with Gasteiger partial charge in [-0.3, -0.25) is 10.1 Å². The van der Waals surface area contributed by atoms with E-state index in [-0.39, 0.29) is 0 Å². The molecule has 0 fully saturated rings. The molecular weight excluding hydrogens is 234 g/mol. The largest absolute Gasteiger partial charge is 0.496 e. The second-order valence-corrected chi connectivity index (χ2v) is 3.95. The number of methoxy groups -OCH3 is 2. The van der Waals surface area contributed by atoms with Gasteiger partial charge in [-0.15, -0.1) is 0 Å². The second-order valence-electron chi connectivity index (χ2n) is 3.95. The third kappa shape index (κ3) is 3.72. The number of nitrogens with one attached hydrogen (secondary N) is 1. The van der Waals surface area contributed by atoms with Gasteiger partial charge in [0.25, 0.3) is 0 Å². The molecule has 1 aromatic carbocycles. The molecule has 1 rings (SSSR count). The maximum absolute atomic E-state index is 11.2. The van der Waals surface area contributed by atoms with Crippen LogP contribution in [0.3, 0.4) is 0 Å². The summed E-state index contributed by atoms with van der Waals surface area (Å²) in [6.07, 6.45) is 0. The molecule has 18 heavy (non-hydrogen) atoms. The Hall–Kier alpha value is -1.59. The number of carboxylic acids is 1. The van der Waals surface area contributed by atoms with Crippen LogP contribution in [0.4, 0.5) is 0 Å². The summed E-state index contributed by atoms with van der Waals surface area (Å²) < 4.78 is 10.0. The van der Waals surface area contributed by atoms with Crippen molar-refractivity contribution in [3.05, 3.63) is 29.3 Å². The molecule has 0 saturated heterocycles. The molecule has 0 amide bonds. The lowest BCUT2D eigenvalue weighted by molar-refractivity contribution is -0.139. The lowest BCUT2D eigenvalue weighted by Gasteiger charge is -2.16. The first-order valence-corrected chi connectivity index (χ1v) is 5.69. The first-order chi connectivity index (χ1) is 8.60. The zero-order valence-electron chi connectivity index (χ0n) is 10.9. The molecule has 5 nitrogen and oxygen atoms in total. The Morgan fingerprint density at radius 1 is 1.44 bits per heavy atom. The Morgan fingerprint density at radius 2 is 2.17 bits per heavy atom. The molecule has 0 radical (unpaired) electrons. The molecule has 0 spiro atoms. The van der Waals surface area contributed by atoms with Gasteiger partial charge in [0.2, 0.25) is 0 Å². The van der Waals surface area contributed by atoms with E-state index in [1.54, 1.807) is 26.4 Å². The zero-order valence-corrected chi connectivity index (χ0v) is 10.9. The molecule has 0 aliphatic rings. The summed E-state index contributed by atoms with van der Waals surface area (Å²) in [5.74, 6) is -0.157. The van der Waals surface area contributed by atoms with Crippen LogP contribution in [0.25, 0.3) is 0 Å². The van der Waals surface area contributed by atoms with Crippen LogP contribution < -0.4 is 10.1 Å². The Morgan fingerprint density at radius 3 is 2.67 bits per heavy atom. The number of ether oxygens (including phenoxy) is 2. The second kappa shape index (κ2) is 6.98. The van der Waals surface area contributed by atoms with Gasteiger partial charge in [-0.05, 0) is 24.1 Å². The zero-order chi connectivity index (χ0) is 13.5. The van der Waals surface area contributed by atoms with E-state index in [1.807, 2.05) is 13.0 Å². The van der Waals surface area contributed by atoms with Crippen molar-refractivity contribution in [1.29, 1.82) is 0 Å². The summed E-state index contributed by atoms with van der Waals surface area (Å²) in [6, 6.07) is 4.62. The first kappa shape index (κ1) is 14.5. The van der Waals surface area contributed by atoms with Gasteiger partial charge in [0.15, 0.2) is 0 Å². The van der Waals surface area contributed by atoms with Gasteiger partial charge in [0.1, 0.15) is 11.8 Å². The van der Waals surface area contributed by atoms with E-state index in [2.05, 4.69) is 5.32 Å². The molecule has 1 atom stereocenters. The van der Waals surface area contributed by atoms with Crippen molar-refractivity contribution >= 4 is 5.97 Å². The van der Waals surface area contributed by atoms with Gasteiger partial charge in [0, 0.05) is 13.7 Å². The molecule has 0 saturated carbocycles. The van der Waals surface area contributed by atoms with Gasteiger partial charge in [0.05, 0.1) is 13.7 Å². The highest BCUT2D eigenvalue weighted by molar-refractivity contribution is 5.75. The Labute approximate surface area is 107 Å². The summed E-state index contributed by atoms with van der Waals surface area (Å²) >= 11 is 0. The number of aliphatic carboxylic acids is 1. The maximum Gasteiger partial charge on any atom is 0.325 e. The fourth-order valence-corrected chi connectivity index (χ4v) is 1.73. The molecule has 0 bridgehead atoms. The summed E-state index contributed by atoms with van der Waals surface area (Å²) in [7, 11) is 3.17. The summed E-state index contributed by atoms with van der Waals surface area (Å²) in [4.78, 5) is 11.2. The standard InChI is InChI=1S/C13H19NO4/c1-9-8-10(4-5-11(9)18-3)12(13(15)16)14-6-7-17-2/h4-5,8,12,14H,6-7H2,1-3H3,(H,15,16). The average Bonchev–Trinajstić information content (AvgIpc) is 2.34. The first-order valence-electron chi connectivity index (χ1n) is 5.69. The fourth-order valence-electron chi connectivity index (χ4n) is 1.73. The maximum atomic E-state index is 11.2. The molecule has 1 unspecified atom stereocenters. The van der Waals surface area contributed by atoms with Crippen molar-refractivity contribution in [2.24, 2.45) is 0 Å². The molecular formula is C13H19NO4. The minimum absolute atomic E-state index is 0.471. The monoisotopic (exact) mass is 253 g/mol. The summed E-state index contributed by atoms with van der Waals surface area (Å²) in [5.41, 5.74) is 1.62. The normalized spacial score (nSPS) is 12.2. The number of carboxylic acid groups (broad SMARTS) is 1. The van der Waals surface area contributed by atoms with Crippen LogP contribution in [0.5, 0.6) is 5.75 Å². The molecule has 0 aromatic heterocycles. The number of aryl methyl sites for hydroxylation is 1. The third-order valence-corrected chi connectivity index (χ3v) is 2.65. The molecule has 100 valence electrons. The van der Waals surface area contributed by atoms with E-state index in [9.17, 15) is 9.90 Å². The molecule has 0 aliphatic heterocycles. The SMILES string of the molecule is COCCNC(C(=O)O)c1ccc(OC)c(C)c1. The van der Waals surface area contributed by atoms with Crippen LogP contribution in [0.1, 0.15) is 17.2 Å². The van der Waals surface area contributed by atoms with Crippen LogP contribution in [0, 0.1) is 6.92 Å². The van der Waals surface area contributed by atoms with Crippen LogP contribution >= 0.6 is 0 Å². The number of benzene rings is 1. The lowest BCUT2D eigenvalue weighted by Crippen LogP contribution is -2.31. The highest BCUT2D eigenvalue weighted by Gasteiger charge is 2.19. The minimum Gasteiger partial charge on any atom is -0.496 e. The van der Waals surface area contributed by atoms with Crippen molar-refractivity contribution in [2.45, 2.75) is 13.0 Å². The molecule has 0 heterocycles. The number of carbonyl (C=O) groups is 1. The van der Waals surface area contributed by atoms with Crippen molar-refractivity contribution < 1.29 is 19.4 Å². The number of hydrogen-bond donors (Lipinski definition) is 2.